The first-order valence-corrected chi connectivity index (χ1v) is 12.2. The van der Waals surface area contributed by atoms with Gasteiger partial charge >= 0.3 is 11.9 Å². The molecule has 0 aromatic carbocycles. The molecular weight excluding hydrogens is 470 g/mol. The Kier molecular flexibility index (Phi) is 7.17. The number of Topliss-reactive ketones (excluding diaryl/α,β-unsaturated/α-hetero) is 2. The highest BCUT2D eigenvalue weighted by molar-refractivity contribution is 6.13. The zero-order valence-corrected chi connectivity index (χ0v) is 20.7. The summed E-state index contributed by atoms with van der Waals surface area (Å²) in [5.41, 5.74) is 5.50. The summed E-state index contributed by atoms with van der Waals surface area (Å²) in [7, 11) is 1.48. The summed E-state index contributed by atoms with van der Waals surface area (Å²) >= 11 is 0. The Morgan fingerprint density at radius 3 is 2.61 bits per heavy atom. The van der Waals surface area contributed by atoms with Gasteiger partial charge in [0.05, 0.1) is 18.4 Å². The van der Waals surface area contributed by atoms with Crippen LogP contribution in [-0.4, -0.2) is 55.3 Å². The number of ether oxygens (including phenoxy) is 3. The molecule has 194 valence electrons. The number of cyclic esters (lactones) is 1. The van der Waals surface area contributed by atoms with Crippen LogP contribution in [0.1, 0.15) is 85.3 Å². The summed E-state index contributed by atoms with van der Waals surface area (Å²) in [6, 6.07) is 0. The molecule has 2 heterocycles. The topological polar surface area (TPSA) is 152 Å². The number of nitrogens with two attached hydrogens (primary N) is 1. The van der Waals surface area contributed by atoms with E-state index in [1.807, 2.05) is 13.8 Å². The molecule has 4 atom stereocenters. The molecule has 10 heteroatoms. The first-order valence-electron chi connectivity index (χ1n) is 12.2. The smallest absolute Gasteiger partial charge is 0.342 e. The molecule has 0 radical (unpaired) electrons. The van der Waals surface area contributed by atoms with E-state index in [2.05, 4.69) is 0 Å². The molecule has 2 aliphatic carbocycles. The Labute approximate surface area is 208 Å². The molecular formula is C26H31NO9. The van der Waals surface area contributed by atoms with Crippen molar-refractivity contribution in [2.24, 2.45) is 11.7 Å². The van der Waals surface area contributed by atoms with Crippen LogP contribution in [0.25, 0.3) is 0 Å². The lowest BCUT2D eigenvalue weighted by molar-refractivity contribution is -0.149. The van der Waals surface area contributed by atoms with Crippen LogP contribution >= 0.6 is 0 Å². The van der Waals surface area contributed by atoms with Crippen LogP contribution in [0, 0.1) is 5.92 Å². The van der Waals surface area contributed by atoms with E-state index in [1.165, 1.54) is 13.4 Å². The van der Waals surface area contributed by atoms with Crippen molar-refractivity contribution >= 4 is 29.4 Å². The quantitative estimate of drug-likeness (QED) is 0.477. The predicted molar refractivity (Wildman–Crippen MR) is 124 cm³/mol. The third-order valence-corrected chi connectivity index (χ3v) is 7.42. The van der Waals surface area contributed by atoms with Crippen LogP contribution in [-0.2, 0) is 34.0 Å². The third-order valence-electron chi connectivity index (χ3n) is 7.42. The Hall–Kier alpha value is -3.27. The van der Waals surface area contributed by atoms with Crippen molar-refractivity contribution in [1.82, 2.24) is 0 Å². The number of primary amides is 1. The molecule has 4 rings (SSSR count). The summed E-state index contributed by atoms with van der Waals surface area (Å²) in [5, 5.41) is 0. The fourth-order valence-electron chi connectivity index (χ4n) is 5.79. The van der Waals surface area contributed by atoms with Crippen molar-refractivity contribution in [3.05, 3.63) is 34.3 Å². The van der Waals surface area contributed by atoms with Crippen LogP contribution < -0.4 is 5.73 Å². The molecule has 10 nitrogen and oxygen atoms in total. The van der Waals surface area contributed by atoms with Crippen LogP contribution in [0.15, 0.2) is 21.8 Å². The van der Waals surface area contributed by atoms with E-state index in [-0.39, 0.29) is 48.9 Å². The van der Waals surface area contributed by atoms with Crippen molar-refractivity contribution in [2.45, 2.75) is 76.4 Å². The summed E-state index contributed by atoms with van der Waals surface area (Å²) in [4.78, 5) is 62.9. The lowest BCUT2D eigenvalue weighted by Crippen LogP contribution is -2.54. The van der Waals surface area contributed by atoms with Crippen LogP contribution in [0.4, 0.5) is 0 Å². The number of esters is 2. The molecule has 0 bridgehead atoms. The SMILES string of the molecule is CCC[C@@H](OC(=O)CCC(N)=O)C1=C([C@@H]2CCC(=O)C2)C(=O)c2occ3c2[C@]1(C)[C@@H](COC)OC3=O. The number of methoxy groups -OCH3 is 1. The van der Waals surface area contributed by atoms with E-state index in [1.54, 1.807) is 0 Å². The van der Waals surface area contributed by atoms with Crippen LogP contribution in [0.2, 0.25) is 0 Å². The van der Waals surface area contributed by atoms with Gasteiger partial charge in [0, 0.05) is 37.5 Å². The van der Waals surface area contributed by atoms with E-state index < -0.39 is 41.3 Å². The number of furan rings is 1. The number of hydrogen-bond donors (Lipinski definition) is 1. The molecule has 36 heavy (non-hydrogen) atoms. The van der Waals surface area contributed by atoms with Gasteiger partial charge in [0.15, 0.2) is 5.76 Å². The number of allylic oxidation sites excluding steroid dienone is 1. The maximum atomic E-state index is 13.9. The largest absolute Gasteiger partial charge is 0.460 e. The van der Waals surface area contributed by atoms with Gasteiger partial charge in [0.1, 0.15) is 29.8 Å². The van der Waals surface area contributed by atoms with Gasteiger partial charge in [-0.1, -0.05) is 13.3 Å². The Morgan fingerprint density at radius 1 is 1.25 bits per heavy atom. The minimum absolute atomic E-state index is 0.0231. The standard InChI is InChI=1S/C26H31NO9/c1-4-5-16(35-19(30)9-8-18(27)29)22-20(13-6-7-14(28)10-13)23(31)24-21-15(11-34-24)25(32)36-17(12-33-3)26(21,22)2/h11,13,16-17H,4-10,12H2,1-3H3,(H2,27,29)/t13-,16-,17-,26+/m1/s1. The minimum Gasteiger partial charge on any atom is -0.460 e. The lowest BCUT2D eigenvalue weighted by Gasteiger charge is -2.47. The molecule has 1 fully saturated rings. The Balaban J connectivity index is 1.93. The van der Waals surface area contributed by atoms with Gasteiger partial charge in [0.2, 0.25) is 11.7 Å². The molecule has 0 saturated heterocycles. The predicted octanol–water partition coefficient (Wildman–Crippen LogP) is 2.56. The minimum atomic E-state index is -1.11. The van der Waals surface area contributed by atoms with Crippen molar-refractivity contribution in [1.29, 1.82) is 0 Å². The number of amides is 1. The maximum absolute atomic E-state index is 13.9. The fraction of sp³-hybridized carbons (Fsp3) is 0.577. The molecule has 2 N–H and O–H groups in total. The van der Waals surface area contributed by atoms with Gasteiger partial charge in [-0.25, -0.2) is 4.79 Å². The van der Waals surface area contributed by atoms with Crippen LogP contribution in [0.5, 0.6) is 0 Å². The van der Waals surface area contributed by atoms with Gasteiger partial charge in [-0.05, 0) is 31.3 Å². The average molecular weight is 502 g/mol. The average Bonchev–Trinajstić information content (AvgIpc) is 3.46. The van der Waals surface area contributed by atoms with E-state index in [0.29, 0.717) is 42.4 Å². The van der Waals surface area contributed by atoms with E-state index >= 15 is 0 Å². The Bertz CT molecular complexity index is 1150. The van der Waals surface area contributed by atoms with Gasteiger partial charge in [-0.15, -0.1) is 0 Å². The van der Waals surface area contributed by atoms with Crippen molar-refractivity contribution in [3.63, 3.8) is 0 Å². The number of rotatable bonds is 10. The second kappa shape index (κ2) is 10.0. The van der Waals surface area contributed by atoms with E-state index in [9.17, 15) is 24.0 Å². The second-order valence-electron chi connectivity index (χ2n) is 9.77. The maximum Gasteiger partial charge on any atom is 0.342 e. The summed E-state index contributed by atoms with van der Waals surface area (Å²) in [6.45, 7) is 3.77. The third kappa shape index (κ3) is 4.27. The van der Waals surface area contributed by atoms with E-state index in [0.717, 1.165) is 0 Å². The zero-order chi connectivity index (χ0) is 26.2. The Morgan fingerprint density at radius 2 is 2.00 bits per heavy atom. The van der Waals surface area contributed by atoms with Gasteiger partial charge in [0.25, 0.3) is 0 Å². The number of ketones is 2. The molecule has 1 aromatic rings. The zero-order valence-electron chi connectivity index (χ0n) is 20.7. The highest BCUT2D eigenvalue weighted by atomic mass is 16.6. The van der Waals surface area contributed by atoms with E-state index in [4.69, 9.17) is 24.4 Å². The molecule has 1 saturated carbocycles. The highest BCUT2D eigenvalue weighted by Gasteiger charge is 2.58. The van der Waals surface area contributed by atoms with Crippen molar-refractivity contribution < 1.29 is 42.6 Å². The number of carbonyl (C=O) groups excluding carboxylic acids is 5. The first kappa shape index (κ1) is 25.8. The fourth-order valence-corrected chi connectivity index (χ4v) is 5.79. The van der Waals surface area contributed by atoms with Gasteiger partial charge in [-0.3, -0.25) is 19.2 Å². The van der Waals surface area contributed by atoms with Gasteiger partial charge < -0.3 is 24.4 Å². The van der Waals surface area contributed by atoms with Gasteiger partial charge in [-0.2, -0.15) is 0 Å². The molecule has 0 spiro atoms. The molecule has 1 aliphatic heterocycles. The summed E-state index contributed by atoms with van der Waals surface area (Å²) < 4.78 is 22.7. The van der Waals surface area contributed by atoms with Crippen LogP contribution in [0.3, 0.4) is 0 Å². The molecule has 3 aliphatic rings. The summed E-state index contributed by atoms with van der Waals surface area (Å²) in [5.74, 6) is -2.60. The normalized spacial score (nSPS) is 26.0. The summed E-state index contributed by atoms with van der Waals surface area (Å²) in [6.07, 6.45) is 1.15. The second-order valence-corrected chi connectivity index (χ2v) is 9.77. The molecule has 1 amide bonds. The highest BCUT2D eigenvalue weighted by Crippen LogP contribution is 2.54. The monoisotopic (exact) mass is 501 g/mol. The molecule has 0 unspecified atom stereocenters. The first-order chi connectivity index (χ1) is 17.1. The molecule has 1 aromatic heterocycles. The number of carbonyl (C=O) groups is 5. The van der Waals surface area contributed by atoms with Crippen molar-refractivity contribution in [3.8, 4) is 0 Å². The number of hydrogen-bond acceptors (Lipinski definition) is 9. The van der Waals surface area contributed by atoms with Crippen molar-refractivity contribution in [2.75, 3.05) is 13.7 Å². The lowest BCUT2D eigenvalue weighted by atomic mass is 9.60.